The van der Waals surface area contributed by atoms with Gasteiger partial charge in [-0.25, -0.2) is 0 Å². The SMILES string of the molecule is CCCCCC(C=Nc1ccccc1)=Nc1ccccc1.[Ni]. The fourth-order valence-electron chi connectivity index (χ4n) is 2.04. The van der Waals surface area contributed by atoms with Crippen LogP contribution < -0.4 is 0 Å². The van der Waals surface area contributed by atoms with Crippen molar-refractivity contribution in [3.8, 4) is 0 Å². The molecule has 0 aliphatic heterocycles. The number of hydrogen-bond donors (Lipinski definition) is 0. The average molecular weight is 337 g/mol. The summed E-state index contributed by atoms with van der Waals surface area (Å²) in [4.78, 5) is 9.24. The molecule has 0 unspecified atom stereocenters. The van der Waals surface area contributed by atoms with Gasteiger partial charge in [-0.15, -0.1) is 0 Å². The first-order valence-corrected chi connectivity index (χ1v) is 7.60. The van der Waals surface area contributed by atoms with Gasteiger partial charge >= 0.3 is 0 Å². The number of hydrogen-bond acceptors (Lipinski definition) is 2. The first-order chi connectivity index (χ1) is 10.4. The molecule has 0 N–H and O–H groups in total. The zero-order chi connectivity index (χ0) is 14.8. The van der Waals surface area contributed by atoms with Gasteiger partial charge in [0.25, 0.3) is 0 Å². The van der Waals surface area contributed by atoms with Crippen molar-refractivity contribution in [2.24, 2.45) is 9.98 Å². The molecule has 0 bridgehead atoms. The summed E-state index contributed by atoms with van der Waals surface area (Å²) < 4.78 is 0. The van der Waals surface area contributed by atoms with E-state index in [2.05, 4.69) is 11.9 Å². The minimum absolute atomic E-state index is 0. The molecule has 22 heavy (non-hydrogen) atoms. The summed E-state index contributed by atoms with van der Waals surface area (Å²) in [6.45, 7) is 2.21. The van der Waals surface area contributed by atoms with Crippen LogP contribution in [-0.4, -0.2) is 11.9 Å². The molecule has 0 atom stereocenters. The van der Waals surface area contributed by atoms with E-state index >= 15 is 0 Å². The summed E-state index contributed by atoms with van der Waals surface area (Å²) in [7, 11) is 0. The Morgan fingerprint density at radius 3 is 2.05 bits per heavy atom. The second-order valence-electron chi connectivity index (χ2n) is 4.99. The monoisotopic (exact) mass is 336 g/mol. The smallest absolute Gasteiger partial charge is 0.0633 e. The second kappa shape index (κ2) is 10.9. The van der Waals surface area contributed by atoms with Crippen molar-refractivity contribution >= 4 is 23.3 Å². The van der Waals surface area contributed by atoms with Crippen molar-refractivity contribution in [1.82, 2.24) is 0 Å². The summed E-state index contributed by atoms with van der Waals surface area (Å²) in [5.74, 6) is 0. The Balaban J connectivity index is 0.00000242. The Hall–Kier alpha value is -1.73. The van der Waals surface area contributed by atoms with E-state index in [1.807, 2.05) is 66.9 Å². The summed E-state index contributed by atoms with van der Waals surface area (Å²) in [6, 6.07) is 20.1. The summed E-state index contributed by atoms with van der Waals surface area (Å²) in [5.41, 5.74) is 3.00. The molecule has 0 saturated heterocycles. The fraction of sp³-hybridized carbons (Fsp3) is 0.263. The van der Waals surface area contributed by atoms with Crippen LogP contribution in [-0.2, 0) is 16.5 Å². The largest absolute Gasteiger partial charge is 0.255 e. The molecule has 0 aromatic heterocycles. The Bertz CT molecular complexity index is 577. The van der Waals surface area contributed by atoms with Gasteiger partial charge in [-0.2, -0.15) is 0 Å². The molecule has 2 rings (SSSR count). The summed E-state index contributed by atoms with van der Waals surface area (Å²) in [5, 5.41) is 0. The van der Waals surface area contributed by atoms with Crippen LogP contribution in [0.1, 0.15) is 32.6 Å². The third-order valence-electron chi connectivity index (χ3n) is 3.18. The van der Waals surface area contributed by atoms with E-state index in [0.29, 0.717) is 0 Å². The van der Waals surface area contributed by atoms with E-state index in [1.165, 1.54) is 12.8 Å². The second-order valence-corrected chi connectivity index (χ2v) is 4.99. The maximum Gasteiger partial charge on any atom is 0.0633 e. The molecule has 2 nitrogen and oxygen atoms in total. The van der Waals surface area contributed by atoms with Gasteiger partial charge in [0, 0.05) is 22.7 Å². The van der Waals surface area contributed by atoms with Crippen molar-refractivity contribution in [3.63, 3.8) is 0 Å². The molecule has 0 amide bonds. The number of benzene rings is 2. The Kier molecular flexibility index (Phi) is 9.10. The van der Waals surface area contributed by atoms with E-state index in [9.17, 15) is 0 Å². The predicted octanol–water partition coefficient (Wildman–Crippen LogP) is 5.74. The minimum Gasteiger partial charge on any atom is -0.255 e. The van der Waals surface area contributed by atoms with E-state index in [1.54, 1.807) is 0 Å². The fourth-order valence-corrected chi connectivity index (χ4v) is 2.04. The third-order valence-corrected chi connectivity index (χ3v) is 3.18. The summed E-state index contributed by atoms with van der Waals surface area (Å²) >= 11 is 0. The topological polar surface area (TPSA) is 24.7 Å². The normalized spacial score (nSPS) is 11.4. The molecule has 0 aliphatic carbocycles. The molecule has 3 heteroatoms. The molecule has 0 spiro atoms. The van der Waals surface area contributed by atoms with Crippen molar-refractivity contribution in [3.05, 3.63) is 60.7 Å². The van der Waals surface area contributed by atoms with Crippen molar-refractivity contribution in [1.29, 1.82) is 0 Å². The van der Waals surface area contributed by atoms with Gasteiger partial charge in [-0.3, -0.25) is 9.98 Å². The number of para-hydroxylation sites is 2. The molecule has 0 aliphatic rings. The summed E-state index contributed by atoms with van der Waals surface area (Å²) in [6.07, 6.45) is 6.47. The van der Waals surface area contributed by atoms with Gasteiger partial charge in [-0.05, 0) is 37.1 Å². The molecule has 2 aromatic carbocycles. The Labute approximate surface area is 143 Å². The zero-order valence-corrected chi connectivity index (χ0v) is 13.9. The molecule has 0 radical (unpaired) electrons. The Morgan fingerprint density at radius 2 is 1.45 bits per heavy atom. The van der Waals surface area contributed by atoms with E-state index in [4.69, 9.17) is 4.99 Å². The van der Waals surface area contributed by atoms with E-state index in [0.717, 1.165) is 29.9 Å². The van der Waals surface area contributed by atoms with E-state index < -0.39 is 0 Å². The first kappa shape index (κ1) is 18.3. The third kappa shape index (κ3) is 6.82. The van der Waals surface area contributed by atoms with Crippen LogP contribution in [0.15, 0.2) is 70.6 Å². The molecule has 0 fully saturated rings. The zero-order valence-electron chi connectivity index (χ0n) is 12.9. The van der Waals surface area contributed by atoms with Crippen LogP contribution in [0.5, 0.6) is 0 Å². The molecule has 0 saturated carbocycles. The van der Waals surface area contributed by atoms with Gasteiger partial charge < -0.3 is 0 Å². The molecule has 0 heterocycles. The number of aliphatic imine (C=N–C) groups is 2. The van der Waals surface area contributed by atoms with Crippen molar-refractivity contribution in [2.45, 2.75) is 32.6 Å². The predicted molar refractivity (Wildman–Crippen MR) is 92.3 cm³/mol. The Morgan fingerprint density at radius 1 is 0.864 bits per heavy atom. The average Bonchev–Trinajstić information content (AvgIpc) is 2.54. The maximum atomic E-state index is 4.71. The van der Waals surface area contributed by atoms with Gasteiger partial charge in [0.15, 0.2) is 0 Å². The quantitative estimate of drug-likeness (QED) is 0.350. The maximum absolute atomic E-state index is 4.71. The number of rotatable bonds is 7. The van der Waals surface area contributed by atoms with Crippen LogP contribution in [0.4, 0.5) is 11.4 Å². The molecular weight excluding hydrogens is 315 g/mol. The van der Waals surface area contributed by atoms with E-state index in [-0.39, 0.29) is 16.5 Å². The molecule has 118 valence electrons. The van der Waals surface area contributed by atoms with Crippen LogP contribution in [0, 0.1) is 0 Å². The number of nitrogens with zero attached hydrogens (tertiary/aromatic N) is 2. The van der Waals surface area contributed by atoms with Gasteiger partial charge in [0.1, 0.15) is 0 Å². The first-order valence-electron chi connectivity index (χ1n) is 7.60. The number of unbranched alkanes of at least 4 members (excludes halogenated alkanes) is 2. The van der Waals surface area contributed by atoms with Crippen LogP contribution in [0.25, 0.3) is 0 Å². The van der Waals surface area contributed by atoms with Crippen LogP contribution in [0.2, 0.25) is 0 Å². The molecule has 2 aromatic rings. The van der Waals surface area contributed by atoms with Gasteiger partial charge in [0.05, 0.1) is 17.1 Å². The van der Waals surface area contributed by atoms with Crippen LogP contribution in [0.3, 0.4) is 0 Å². The van der Waals surface area contributed by atoms with Crippen LogP contribution >= 0.6 is 0 Å². The van der Waals surface area contributed by atoms with Gasteiger partial charge in [-0.1, -0.05) is 56.2 Å². The molecular formula is C19H22N2Ni. The van der Waals surface area contributed by atoms with Gasteiger partial charge in [0.2, 0.25) is 0 Å². The standard InChI is InChI=1S/C19H22N2.Ni/c1-2-3-6-15-19(21-18-13-9-5-10-14-18)16-20-17-11-7-4-8-12-17;/h4-5,7-14,16H,2-3,6,15H2,1H3;. The van der Waals surface area contributed by atoms with Crippen molar-refractivity contribution < 1.29 is 16.5 Å². The van der Waals surface area contributed by atoms with Crippen molar-refractivity contribution in [2.75, 3.05) is 0 Å². The minimum atomic E-state index is 0.